The molecule has 0 atom stereocenters. The van der Waals surface area contributed by atoms with Crippen LogP contribution in [0.25, 0.3) is 10.9 Å². The number of aromatic nitrogens is 2. The van der Waals surface area contributed by atoms with Crippen molar-refractivity contribution in [1.29, 1.82) is 0 Å². The molecule has 28 heavy (non-hydrogen) atoms. The molecule has 3 heterocycles. The molecule has 4 nitrogen and oxygen atoms in total. The molecule has 0 N–H and O–H groups in total. The summed E-state index contributed by atoms with van der Waals surface area (Å²) in [5, 5.41) is 1.47. The Hall–Kier alpha value is -2.17. The molecule has 4 heteroatoms. The summed E-state index contributed by atoms with van der Waals surface area (Å²) >= 11 is 0. The second-order valence-electron chi connectivity index (χ2n) is 8.24. The fraction of sp³-hybridized carbons (Fsp3) is 0.458. The maximum Gasteiger partial charge on any atom is 0.0485 e. The second kappa shape index (κ2) is 8.89. The van der Waals surface area contributed by atoms with Crippen LogP contribution in [0.15, 0.2) is 48.8 Å². The Kier molecular flexibility index (Phi) is 6.08. The Labute approximate surface area is 168 Å². The monoisotopic (exact) mass is 376 g/mol. The van der Waals surface area contributed by atoms with Crippen molar-refractivity contribution in [1.82, 2.24) is 19.4 Å². The van der Waals surface area contributed by atoms with Gasteiger partial charge in [0.25, 0.3) is 0 Å². The number of para-hydroxylation sites is 1. The van der Waals surface area contributed by atoms with Gasteiger partial charge in [0, 0.05) is 48.6 Å². The lowest BCUT2D eigenvalue weighted by Gasteiger charge is -2.28. The van der Waals surface area contributed by atoms with E-state index in [2.05, 4.69) is 63.8 Å². The van der Waals surface area contributed by atoms with Crippen molar-refractivity contribution in [2.75, 3.05) is 33.7 Å². The summed E-state index contributed by atoms with van der Waals surface area (Å²) in [6, 6.07) is 13.2. The van der Waals surface area contributed by atoms with Gasteiger partial charge in [-0.15, -0.1) is 0 Å². The summed E-state index contributed by atoms with van der Waals surface area (Å²) in [6.45, 7) is 5.66. The maximum atomic E-state index is 4.24. The van der Waals surface area contributed by atoms with Crippen molar-refractivity contribution in [3.05, 3.63) is 65.6 Å². The molecule has 1 aliphatic rings. The summed E-state index contributed by atoms with van der Waals surface area (Å²) in [5.41, 5.74) is 5.90. The van der Waals surface area contributed by atoms with E-state index in [0.29, 0.717) is 0 Å². The molecular weight excluding hydrogens is 344 g/mol. The lowest BCUT2D eigenvalue weighted by atomic mass is 10.0. The molecule has 0 bridgehead atoms. The van der Waals surface area contributed by atoms with Gasteiger partial charge in [-0.3, -0.25) is 9.88 Å². The van der Waals surface area contributed by atoms with E-state index in [1.54, 1.807) is 11.3 Å². The Morgan fingerprint density at radius 1 is 1.04 bits per heavy atom. The highest BCUT2D eigenvalue weighted by Gasteiger charge is 2.23. The molecule has 0 fully saturated rings. The third kappa shape index (κ3) is 4.29. The molecule has 0 amide bonds. The first-order valence-corrected chi connectivity index (χ1v) is 10.6. The Bertz CT molecular complexity index is 898. The molecule has 0 spiro atoms. The normalized spacial score (nSPS) is 14.7. The Morgan fingerprint density at radius 2 is 1.93 bits per heavy atom. The van der Waals surface area contributed by atoms with Gasteiger partial charge in [-0.05, 0) is 76.1 Å². The van der Waals surface area contributed by atoms with E-state index in [0.717, 1.165) is 32.6 Å². The number of aryl methyl sites for hydroxylation is 2. The Balaban J connectivity index is 1.47. The minimum atomic E-state index is 1.08. The van der Waals surface area contributed by atoms with E-state index in [1.165, 1.54) is 42.3 Å². The molecule has 3 aromatic rings. The average molecular weight is 377 g/mol. The fourth-order valence-electron chi connectivity index (χ4n) is 4.49. The molecule has 2 aromatic heterocycles. The molecule has 1 aromatic carbocycles. The molecule has 0 radical (unpaired) electrons. The van der Waals surface area contributed by atoms with Crippen LogP contribution in [0.4, 0.5) is 0 Å². The maximum absolute atomic E-state index is 4.24. The zero-order chi connectivity index (χ0) is 19.3. The van der Waals surface area contributed by atoms with Gasteiger partial charge in [-0.2, -0.15) is 0 Å². The van der Waals surface area contributed by atoms with Crippen LogP contribution in [0.3, 0.4) is 0 Å². The third-order valence-corrected chi connectivity index (χ3v) is 5.90. The van der Waals surface area contributed by atoms with Gasteiger partial charge >= 0.3 is 0 Å². The standard InChI is InChI=1S/C24H32N4/c1-26(2)14-7-16-28-23-11-4-3-10-21(23)22-12-17-27(19-24(22)28)15-6-9-20-8-5-13-25-18-20/h3-5,8,10-11,13,18H,6-7,9,12,14-17,19H2,1-2H3. The molecule has 0 unspecified atom stereocenters. The van der Waals surface area contributed by atoms with E-state index in [1.807, 2.05) is 18.5 Å². The number of hydrogen-bond acceptors (Lipinski definition) is 3. The van der Waals surface area contributed by atoms with E-state index >= 15 is 0 Å². The molecule has 0 aliphatic carbocycles. The number of rotatable bonds is 8. The van der Waals surface area contributed by atoms with E-state index < -0.39 is 0 Å². The highest BCUT2D eigenvalue weighted by atomic mass is 15.2. The van der Waals surface area contributed by atoms with Crippen LogP contribution in [0, 0.1) is 0 Å². The zero-order valence-corrected chi connectivity index (χ0v) is 17.3. The summed E-state index contributed by atoms with van der Waals surface area (Å²) in [6.07, 6.45) is 8.52. The molecule has 0 saturated heterocycles. The van der Waals surface area contributed by atoms with Crippen molar-refractivity contribution < 1.29 is 0 Å². The van der Waals surface area contributed by atoms with E-state index in [-0.39, 0.29) is 0 Å². The summed E-state index contributed by atoms with van der Waals surface area (Å²) in [7, 11) is 4.32. The van der Waals surface area contributed by atoms with E-state index in [9.17, 15) is 0 Å². The number of nitrogens with zero attached hydrogens (tertiary/aromatic N) is 4. The number of fused-ring (bicyclic) bond motifs is 3. The van der Waals surface area contributed by atoms with Crippen LogP contribution in [-0.2, 0) is 25.9 Å². The molecule has 148 valence electrons. The molecular formula is C24H32N4. The minimum Gasteiger partial charge on any atom is -0.343 e. The van der Waals surface area contributed by atoms with Crippen molar-refractivity contribution in [3.63, 3.8) is 0 Å². The summed E-state index contributed by atoms with van der Waals surface area (Å²) in [4.78, 5) is 9.16. The number of pyridine rings is 1. The first kappa shape index (κ1) is 19.2. The van der Waals surface area contributed by atoms with Crippen molar-refractivity contribution in [2.24, 2.45) is 0 Å². The fourth-order valence-corrected chi connectivity index (χ4v) is 4.49. The zero-order valence-electron chi connectivity index (χ0n) is 17.3. The van der Waals surface area contributed by atoms with Crippen LogP contribution in [-0.4, -0.2) is 53.1 Å². The first-order chi connectivity index (χ1) is 13.7. The van der Waals surface area contributed by atoms with Crippen molar-refractivity contribution >= 4 is 10.9 Å². The van der Waals surface area contributed by atoms with Crippen LogP contribution in [0.2, 0.25) is 0 Å². The molecule has 0 saturated carbocycles. The topological polar surface area (TPSA) is 24.3 Å². The molecule has 4 rings (SSSR count). The Morgan fingerprint density at radius 3 is 2.75 bits per heavy atom. The van der Waals surface area contributed by atoms with Gasteiger partial charge in [-0.1, -0.05) is 24.3 Å². The van der Waals surface area contributed by atoms with Crippen molar-refractivity contribution in [3.8, 4) is 0 Å². The van der Waals surface area contributed by atoms with Crippen LogP contribution >= 0.6 is 0 Å². The van der Waals surface area contributed by atoms with Gasteiger partial charge in [0.05, 0.1) is 0 Å². The minimum absolute atomic E-state index is 1.08. The highest BCUT2D eigenvalue weighted by Crippen LogP contribution is 2.31. The van der Waals surface area contributed by atoms with Crippen LogP contribution < -0.4 is 0 Å². The van der Waals surface area contributed by atoms with E-state index in [4.69, 9.17) is 0 Å². The second-order valence-corrected chi connectivity index (χ2v) is 8.24. The average Bonchev–Trinajstić information content (AvgIpc) is 3.02. The van der Waals surface area contributed by atoms with Gasteiger partial charge in [0.2, 0.25) is 0 Å². The predicted octanol–water partition coefficient (Wildman–Crippen LogP) is 3.98. The quantitative estimate of drug-likeness (QED) is 0.594. The summed E-state index contributed by atoms with van der Waals surface area (Å²) < 4.78 is 2.60. The lowest BCUT2D eigenvalue weighted by molar-refractivity contribution is 0.243. The first-order valence-electron chi connectivity index (χ1n) is 10.6. The lowest BCUT2D eigenvalue weighted by Crippen LogP contribution is -2.32. The highest BCUT2D eigenvalue weighted by molar-refractivity contribution is 5.85. The number of benzene rings is 1. The molecule has 1 aliphatic heterocycles. The van der Waals surface area contributed by atoms with Crippen molar-refractivity contribution in [2.45, 2.75) is 38.8 Å². The van der Waals surface area contributed by atoms with Gasteiger partial charge in [0.15, 0.2) is 0 Å². The third-order valence-electron chi connectivity index (χ3n) is 5.90. The largest absolute Gasteiger partial charge is 0.343 e. The van der Waals surface area contributed by atoms with Gasteiger partial charge in [-0.25, -0.2) is 0 Å². The smallest absolute Gasteiger partial charge is 0.0485 e. The predicted molar refractivity (Wildman–Crippen MR) is 117 cm³/mol. The SMILES string of the molecule is CN(C)CCCn1c2c(c3ccccc31)CCN(CCCc1cccnc1)C2. The van der Waals surface area contributed by atoms with Gasteiger partial charge in [0.1, 0.15) is 0 Å². The van der Waals surface area contributed by atoms with Crippen LogP contribution in [0.1, 0.15) is 29.7 Å². The number of hydrogen-bond donors (Lipinski definition) is 0. The van der Waals surface area contributed by atoms with Gasteiger partial charge < -0.3 is 9.47 Å². The summed E-state index contributed by atoms with van der Waals surface area (Å²) in [5.74, 6) is 0. The van der Waals surface area contributed by atoms with Crippen LogP contribution in [0.5, 0.6) is 0 Å².